The maximum absolute atomic E-state index is 11.9. The predicted octanol–water partition coefficient (Wildman–Crippen LogP) is 1.71. The van der Waals surface area contributed by atoms with E-state index in [9.17, 15) is 9.90 Å². The van der Waals surface area contributed by atoms with Crippen LogP contribution in [0, 0.1) is 0 Å². The summed E-state index contributed by atoms with van der Waals surface area (Å²) in [7, 11) is 1.61. The molecule has 1 amide bonds. The number of hydrogen-bond donors (Lipinski definition) is 4. The van der Waals surface area contributed by atoms with Crippen LogP contribution in [0.15, 0.2) is 48.5 Å². The molecule has 0 unspecified atom stereocenters. The van der Waals surface area contributed by atoms with E-state index in [1.807, 2.05) is 24.3 Å². The number of nitrogens with one attached hydrogen (secondary N) is 3. The van der Waals surface area contributed by atoms with E-state index >= 15 is 0 Å². The van der Waals surface area contributed by atoms with Crippen LogP contribution < -0.4 is 20.9 Å². The minimum atomic E-state index is -0.394. The smallest absolute Gasteiger partial charge is 0.269 e. The van der Waals surface area contributed by atoms with Crippen LogP contribution in [0.1, 0.15) is 15.9 Å². The normalized spacial score (nSPS) is 9.78. The first kappa shape index (κ1) is 16.6. The molecule has 6 nitrogen and oxygen atoms in total. The Bertz CT molecular complexity index is 689. The van der Waals surface area contributed by atoms with E-state index < -0.39 is 5.91 Å². The third-order valence-corrected chi connectivity index (χ3v) is 3.26. The average molecular weight is 331 g/mol. The van der Waals surface area contributed by atoms with Gasteiger partial charge in [0.15, 0.2) is 5.11 Å². The van der Waals surface area contributed by atoms with Crippen LogP contribution in [0.4, 0.5) is 0 Å². The molecule has 7 heteroatoms. The number of thiocarbonyl (C=S) groups is 1. The number of aromatic hydroxyl groups is 1. The van der Waals surface area contributed by atoms with Crippen LogP contribution in [-0.4, -0.2) is 23.2 Å². The lowest BCUT2D eigenvalue weighted by Gasteiger charge is -2.12. The molecule has 2 rings (SSSR count). The average Bonchev–Trinajstić information content (AvgIpc) is 2.58. The van der Waals surface area contributed by atoms with E-state index in [1.54, 1.807) is 19.2 Å². The molecule has 0 aromatic heterocycles. The van der Waals surface area contributed by atoms with Gasteiger partial charge in [-0.3, -0.25) is 15.6 Å². The SMILES string of the molecule is COc1ccc(CNC(=S)NNC(=O)c2cccc(O)c2)cc1. The highest BCUT2D eigenvalue weighted by Crippen LogP contribution is 2.11. The van der Waals surface area contributed by atoms with Crippen molar-refractivity contribution in [1.29, 1.82) is 0 Å². The van der Waals surface area contributed by atoms with Gasteiger partial charge in [-0.2, -0.15) is 0 Å². The van der Waals surface area contributed by atoms with Crippen molar-refractivity contribution in [1.82, 2.24) is 16.2 Å². The third kappa shape index (κ3) is 5.15. The second kappa shape index (κ2) is 8.00. The molecular formula is C16H17N3O3S. The summed E-state index contributed by atoms with van der Waals surface area (Å²) >= 11 is 5.08. The zero-order valence-corrected chi connectivity index (χ0v) is 13.3. The number of methoxy groups -OCH3 is 1. The number of benzene rings is 2. The van der Waals surface area contributed by atoms with Crippen LogP contribution >= 0.6 is 12.2 Å². The lowest BCUT2D eigenvalue weighted by Crippen LogP contribution is -2.46. The zero-order valence-electron chi connectivity index (χ0n) is 12.5. The molecule has 120 valence electrons. The number of amides is 1. The Morgan fingerprint density at radius 2 is 1.91 bits per heavy atom. The Kier molecular flexibility index (Phi) is 5.76. The van der Waals surface area contributed by atoms with Gasteiger partial charge in [0, 0.05) is 12.1 Å². The van der Waals surface area contributed by atoms with Crippen molar-refractivity contribution in [2.75, 3.05) is 7.11 Å². The van der Waals surface area contributed by atoms with Crippen molar-refractivity contribution in [3.8, 4) is 11.5 Å². The van der Waals surface area contributed by atoms with Gasteiger partial charge >= 0.3 is 0 Å². The first-order chi connectivity index (χ1) is 11.1. The maximum atomic E-state index is 11.9. The Balaban J connectivity index is 1.77. The molecule has 0 fully saturated rings. The fraction of sp³-hybridized carbons (Fsp3) is 0.125. The van der Waals surface area contributed by atoms with Crippen LogP contribution in [-0.2, 0) is 6.54 Å². The third-order valence-electron chi connectivity index (χ3n) is 3.01. The van der Waals surface area contributed by atoms with Gasteiger partial charge in [0.25, 0.3) is 5.91 Å². The van der Waals surface area contributed by atoms with Crippen molar-refractivity contribution in [3.63, 3.8) is 0 Å². The molecule has 2 aromatic rings. The molecule has 0 aliphatic rings. The molecule has 4 N–H and O–H groups in total. The summed E-state index contributed by atoms with van der Waals surface area (Å²) in [4.78, 5) is 11.9. The van der Waals surface area contributed by atoms with E-state index in [2.05, 4.69) is 16.2 Å². The molecule has 0 atom stereocenters. The molecule has 0 spiro atoms. The van der Waals surface area contributed by atoms with Gasteiger partial charge in [-0.1, -0.05) is 18.2 Å². The van der Waals surface area contributed by atoms with Crippen molar-refractivity contribution < 1.29 is 14.6 Å². The lowest BCUT2D eigenvalue weighted by molar-refractivity contribution is 0.0943. The van der Waals surface area contributed by atoms with Crippen molar-refractivity contribution in [3.05, 3.63) is 59.7 Å². The fourth-order valence-electron chi connectivity index (χ4n) is 1.80. The number of hydrogen-bond acceptors (Lipinski definition) is 4. The van der Waals surface area contributed by atoms with Crippen molar-refractivity contribution >= 4 is 23.2 Å². The summed E-state index contributed by atoms with van der Waals surface area (Å²) in [5.41, 5.74) is 6.42. The Hall–Kier alpha value is -2.80. The van der Waals surface area contributed by atoms with Crippen LogP contribution in [0.5, 0.6) is 11.5 Å². The summed E-state index contributed by atoms with van der Waals surface area (Å²) in [6.45, 7) is 0.512. The van der Waals surface area contributed by atoms with Gasteiger partial charge in [-0.25, -0.2) is 0 Å². The van der Waals surface area contributed by atoms with E-state index in [1.165, 1.54) is 12.1 Å². The van der Waals surface area contributed by atoms with E-state index in [0.717, 1.165) is 11.3 Å². The number of rotatable bonds is 4. The molecular weight excluding hydrogens is 314 g/mol. The predicted molar refractivity (Wildman–Crippen MR) is 91.1 cm³/mol. The number of carbonyl (C=O) groups is 1. The molecule has 0 aliphatic carbocycles. The molecule has 0 aliphatic heterocycles. The fourth-order valence-corrected chi connectivity index (χ4v) is 1.93. The Morgan fingerprint density at radius 1 is 1.17 bits per heavy atom. The molecule has 2 aromatic carbocycles. The van der Waals surface area contributed by atoms with Gasteiger partial charge in [0.1, 0.15) is 11.5 Å². The van der Waals surface area contributed by atoms with Gasteiger partial charge < -0.3 is 15.2 Å². The van der Waals surface area contributed by atoms with Gasteiger partial charge in [-0.15, -0.1) is 0 Å². The highest BCUT2D eigenvalue weighted by atomic mass is 32.1. The first-order valence-corrected chi connectivity index (χ1v) is 7.25. The number of phenols is 1. The minimum absolute atomic E-state index is 0.0258. The van der Waals surface area contributed by atoms with Gasteiger partial charge in [0.2, 0.25) is 0 Å². The molecule has 0 bridgehead atoms. The molecule has 0 heterocycles. The maximum Gasteiger partial charge on any atom is 0.269 e. The summed E-state index contributed by atoms with van der Waals surface area (Å²) in [5.74, 6) is 0.417. The second-order valence-corrected chi connectivity index (χ2v) is 5.07. The standard InChI is InChI=1S/C16H17N3O3S/c1-22-14-7-5-11(6-8-14)10-17-16(23)19-18-15(21)12-3-2-4-13(20)9-12/h2-9,20H,10H2,1H3,(H,18,21)(H2,17,19,23). The van der Waals surface area contributed by atoms with Crippen LogP contribution in [0.25, 0.3) is 0 Å². The van der Waals surface area contributed by atoms with Crippen LogP contribution in [0.3, 0.4) is 0 Å². The largest absolute Gasteiger partial charge is 0.508 e. The van der Waals surface area contributed by atoms with Gasteiger partial charge in [0.05, 0.1) is 7.11 Å². The number of carbonyl (C=O) groups excluding carboxylic acids is 1. The summed E-state index contributed by atoms with van der Waals surface area (Å²) in [6.07, 6.45) is 0. The van der Waals surface area contributed by atoms with E-state index in [0.29, 0.717) is 12.1 Å². The Labute approximate surface area is 139 Å². The van der Waals surface area contributed by atoms with Gasteiger partial charge in [-0.05, 0) is 48.1 Å². The molecule has 23 heavy (non-hydrogen) atoms. The topological polar surface area (TPSA) is 82.6 Å². The lowest BCUT2D eigenvalue weighted by atomic mass is 10.2. The van der Waals surface area contributed by atoms with Crippen LogP contribution in [0.2, 0.25) is 0 Å². The highest BCUT2D eigenvalue weighted by Gasteiger charge is 2.06. The van der Waals surface area contributed by atoms with E-state index in [4.69, 9.17) is 17.0 Å². The number of hydrazine groups is 1. The molecule has 0 saturated heterocycles. The number of ether oxygens (including phenoxy) is 1. The first-order valence-electron chi connectivity index (χ1n) is 6.84. The summed E-state index contributed by atoms with van der Waals surface area (Å²) < 4.78 is 5.09. The molecule has 0 radical (unpaired) electrons. The molecule has 0 saturated carbocycles. The summed E-state index contributed by atoms with van der Waals surface area (Å²) in [6, 6.07) is 13.6. The zero-order chi connectivity index (χ0) is 16.7. The second-order valence-electron chi connectivity index (χ2n) is 4.66. The monoisotopic (exact) mass is 331 g/mol. The highest BCUT2D eigenvalue weighted by molar-refractivity contribution is 7.80. The quantitative estimate of drug-likeness (QED) is 0.504. The number of phenolic OH excluding ortho intramolecular Hbond substituents is 1. The Morgan fingerprint density at radius 3 is 2.57 bits per heavy atom. The minimum Gasteiger partial charge on any atom is -0.508 e. The van der Waals surface area contributed by atoms with Crippen molar-refractivity contribution in [2.24, 2.45) is 0 Å². The van der Waals surface area contributed by atoms with E-state index in [-0.39, 0.29) is 10.9 Å². The summed E-state index contributed by atoms with van der Waals surface area (Å²) in [5, 5.41) is 12.6. The van der Waals surface area contributed by atoms with Crippen molar-refractivity contribution in [2.45, 2.75) is 6.54 Å².